The number of carbonyl (C=O) groups excluding carboxylic acids is 1. The van der Waals surface area contributed by atoms with Crippen LogP contribution >= 0.6 is 0 Å². The highest BCUT2D eigenvalue weighted by Gasteiger charge is 2.11. The van der Waals surface area contributed by atoms with Gasteiger partial charge in [-0.05, 0) is 13.3 Å². The van der Waals surface area contributed by atoms with Gasteiger partial charge in [-0.3, -0.25) is 0 Å². The van der Waals surface area contributed by atoms with Crippen LogP contribution in [0.5, 0.6) is 0 Å². The van der Waals surface area contributed by atoms with E-state index in [0.717, 1.165) is 17.8 Å². The van der Waals surface area contributed by atoms with Crippen LogP contribution in [0.25, 0.3) is 0 Å². The standard InChI is InChI=1S/C8H12N2O2/c1-4-6-5(2)9-7(10-6)8(11)12-3/h4H2,1-3H3,(H,9,10). The van der Waals surface area contributed by atoms with E-state index in [9.17, 15) is 4.79 Å². The molecule has 0 aromatic carbocycles. The predicted octanol–water partition coefficient (Wildman–Crippen LogP) is 1.07. The van der Waals surface area contributed by atoms with Crippen LogP contribution in [-0.4, -0.2) is 23.0 Å². The number of nitrogens with one attached hydrogen (secondary N) is 1. The number of imidazole rings is 1. The van der Waals surface area contributed by atoms with Crippen molar-refractivity contribution in [3.8, 4) is 0 Å². The van der Waals surface area contributed by atoms with Gasteiger partial charge >= 0.3 is 5.97 Å². The number of hydrogen-bond donors (Lipinski definition) is 1. The summed E-state index contributed by atoms with van der Waals surface area (Å²) >= 11 is 0. The zero-order valence-corrected chi connectivity index (χ0v) is 7.47. The third kappa shape index (κ3) is 1.47. The zero-order chi connectivity index (χ0) is 9.14. The van der Waals surface area contributed by atoms with Gasteiger partial charge in [0.25, 0.3) is 0 Å². The highest BCUT2D eigenvalue weighted by molar-refractivity contribution is 5.85. The molecule has 0 bridgehead atoms. The van der Waals surface area contributed by atoms with Gasteiger partial charge in [0.15, 0.2) is 0 Å². The fourth-order valence-corrected chi connectivity index (χ4v) is 1.03. The molecule has 1 aromatic heterocycles. The lowest BCUT2D eigenvalue weighted by molar-refractivity contribution is 0.0587. The SMILES string of the molecule is CCc1nc(C(=O)OC)[nH]c1C. The van der Waals surface area contributed by atoms with Crippen molar-refractivity contribution in [2.75, 3.05) is 7.11 Å². The number of H-pyrrole nitrogens is 1. The predicted molar refractivity (Wildman–Crippen MR) is 44.0 cm³/mol. The average Bonchev–Trinajstić information content (AvgIpc) is 2.45. The Labute approximate surface area is 71.0 Å². The lowest BCUT2D eigenvalue weighted by Gasteiger charge is -1.90. The summed E-state index contributed by atoms with van der Waals surface area (Å²) in [5, 5.41) is 0. The van der Waals surface area contributed by atoms with Gasteiger partial charge in [-0.2, -0.15) is 0 Å². The Morgan fingerprint density at radius 1 is 1.67 bits per heavy atom. The van der Waals surface area contributed by atoms with E-state index in [1.165, 1.54) is 7.11 Å². The van der Waals surface area contributed by atoms with Crippen molar-refractivity contribution in [3.05, 3.63) is 17.2 Å². The van der Waals surface area contributed by atoms with Crippen molar-refractivity contribution < 1.29 is 9.53 Å². The van der Waals surface area contributed by atoms with Crippen LogP contribution < -0.4 is 0 Å². The Balaban J connectivity index is 2.96. The first kappa shape index (κ1) is 8.77. The Morgan fingerprint density at radius 2 is 2.33 bits per heavy atom. The van der Waals surface area contributed by atoms with Crippen LogP contribution in [0.1, 0.15) is 28.9 Å². The number of rotatable bonds is 2. The zero-order valence-electron chi connectivity index (χ0n) is 7.47. The largest absolute Gasteiger partial charge is 0.463 e. The first-order valence-electron chi connectivity index (χ1n) is 3.82. The molecule has 0 spiro atoms. The molecule has 0 saturated heterocycles. The summed E-state index contributed by atoms with van der Waals surface area (Å²) in [7, 11) is 1.34. The third-order valence-electron chi connectivity index (χ3n) is 1.70. The molecule has 0 saturated carbocycles. The van der Waals surface area contributed by atoms with E-state index in [1.807, 2.05) is 13.8 Å². The highest BCUT2D eigenvalue weighted by Crippen LogP contribution is 2.05. The highest BCUT2D eigenvalue weighted by atomic mass is 16.5. The fourth-order valence-electron chi connectivity index (χ4n) is 1.03. The number of aromatic amines is 1. The quantitative estimate of drug-likeness (QED) is 0.672. The fraction of sp³-hybridized carbons (Fsp3) is 0.500. The van der Waals surface area contributed by atoms with Gasteiger partial charge < -0.3 is 9.72 Å². The maximum absolute atomic E-state index is 11.0. The molecule has 1 N–H and O–H groups in total. The second-order valence-corrected chi connectivity index (χ2v) is 2.50. The number of nitrogens with zero attached hydrogens (tertiary/aromatic N) is 1. The second kappa shape index (κ2) is 3.38. The summed E-state index contributed by atoms with van der Waals surface area (Å²) in [4.78, 5) is 17.9. The normalized spacial score (nSPS) is 9.92. The van der Waals surface area contributed by atoms with E-state index in [1.54, 1.807) is 0 Å². The van der Waals surface area contributed by atoms with Crippen LogP contribution in [0, 0.1) is 6.92 Å². The van der Waals surface area contributed by atoms with E-state index in [0.29, 0.717) is 0 Å². The Bertz CT molecular complexity index is 291. The first-order chi connectivity index (χ1) is 5.69. The van der Waals surface area contributed by atoms with Crippen LogP contribution in [0.2, 0.25) is 0 Å². The summed E-state index contributed by atoms with van der Waals surface area (Å²) in [5.41, 5.74) is 1.84. The van der Waals surface area contributed by atoms with Gasteiger partial charge in [-0.15, -0.1) is 0 Å². The maximum atomic E-state index is 11.0. The van der Waals surface area contributed by atoms with E-state index >= 15 is 0 Å². The molecule has 66 valence electrons. The molecule has 0 atom stereocenters. The molecule has 0 aliphatic carbocycles. The minimum Gasteiger partial charge on any atom is -0.463 e. The Morgan fingerprint density at radius 3 is 2.75 bits per heavy atom. The summed E-state index contributed by atoms with van der Waals surface area (Å²) in [6.45, 7) is 3.88. The molecule has 0 fully saturated rings. The topological polar surface area (TPSA) is 55.0 Å². The van der Waals surface area contributed by atoms with Crippen LogP contribution in [0.15, 0.2) is 0 Å². The molecule has 4 nitrogen and oxygen atoms in total. The third-order valence-corrected chi connectivity index (χ3v) is 1.70. The summed E-state index contributed by atoms with van der Waals surface area (Å²) < 4.78 is 4.52. The molecule has 1 rings (SSSR count). The summed E-state index contributed by atoms with van der Waals surface area (Å²) in [6, 6.07) is 0. The molecule has 1 heterocycles. The molecular formula is C8H12N2O2. The van der Waals surface area contributed by atoms with Gasteiger partial charge in [-0.1, -0.05) is 6.92 Å². The molecule has 0 aliphatic rings. The van der Waals surface area contributed by atoms with Crippen molar-refractivity contribution in [1.29, 1.82) is 0 Å². The number of ether oxygens (including phenoxy) is 1. The number of carbonyl (C=O) groups is 1. The minimum absolute atomic E-state index is 0.284. The van der Waals surface area contributed by atoms with E-state index in [4.69, 9.17) is 0 Å². The van der Waals surface area contributed by atoms with Crippen molar-refractivity contribution in [2.45, 2.75) is 20.3 Å². The summed E-state index contributed by atoms with van der Waals surface area (Å²) in [6.07, 6.45) is 0.819. The van der Waals surface area contributed by atoms with Crippen molar-refractivity contribution in [3.63, 3.8) is 0 Å². The monoisotopic (exact) mass is 168 g/mol. The van der Waals surface area contributed by atoms with Gasteiger partial charge in [0.05, 0.1) is 12.8 Å². The Hall–Kier alpha value is -1.32. The number of aryl methyl sites for hydroxylation is 2. The first-order valence-corrected chi connectivity index (χ1v) is 3.82. The van der Waals surface area contributed by atoms with E-state index < -0.39 is 5.97 Å². The maximum Gasteiger partial charge on any atom is 0.374 e. The van der Waals surface area contributed by atoms with Gasteiger partial charge in [-0.25, -0.2) is 9.78 Å². The lowest BCUT2D eigenvalue weighted by Crippen LogP contribution is -2.03. The molecule has 0 aliphatic heterocycles. The number of hydrogen-bond acceptors (Lipinski definition) is 3. The summed E-state index contributed by atoms with van der Waals surface area (Å²) in [5.74, 6) is -0.135. The molecule has 0 unspecified atom stereocenters. The molecule has 0 radical (unpaired) electrons. The number of esters is 1. The van der Waals surface area contributed by atoms with Crippen LogP contribution in [0.4, 0.5) is 0 Å². The van der Waals surface area contributed by atoms with Crippen LogP contribution in [0.3, 0.4) is 0 Å². The lowest BCUT2D eigenvalue weighted by atomic mass is 10.3. The van der Waals surface area contributed by atoms with E-state index in [2.05, 4.69) is 14.7 Å². The molecule has 1 aromatic rings. The number of aromatic nitrogens is 2. The van der Waals surface area contributed by atoms with Crippen molar-refractivity contribution in [2.24, 2.45) is 0 Å². The van der Waals surface area contributed by atoms with Crippen molar-refractivity contribution >= 4 is 5.97 Å². The van der Waals surface area contributed by atoms with Crippen LogP contribution in [-0.2, 0) is 11.2 Å². The average molecular weight is 168 g/mol. The van der Waals surface area contributed by atoms with E-state index in [-0.39, 0.29) is 5.82 Å². The number of methoxy groups -OCH3 is 1. The molecule has 4 heteroatoms. The minimum atomic E-state index is -0.419. The van der Waals surface area contributed by atoms with Gasteiger partial charge in [0.1, 0.15) is 0 Å². The molecule has 12 heavy (non-hydrogen) atoms. The smallest absolute Gasteiger partial charge is 0.374 e. The molecular weight excluding hydrogens is 156 g/mol. The van der Waals surface area contributed by atoms with Gasteiger partial charge in [0.2, 0.25) is 5.82 Å². The molecule has 0 amide bonds. The van der Waals surface area contributed by atoms with Crippen molar-refractivity contribution in [1.82, 2.24) is 9.97 Å². The van der Waals surface area contributed by atoms with Gasteiger partial charge in [0, 0.05) is 5.69 Å². The second-order valence-electron chi connectivity index (χ2n) is 2.50. The Kier molecular flexibility index (Phi) is 2.47.